The number of aromatic amines is 1. The van der Waals surface area contributed by atoms with Crippen LogP contribution in [-0.2, 0) is 0 Å². The van der Waals surface area contributed by atoms with Gasteiger partial charge in [-0.15, -0.1) is 0 Å². The van der Waals surface area contributed by atoms with Gasteiger partial charge in [0.15, 0.2) is 5.75 Å². The first-order valence-corrected chi connectivity index (χ1v) is 10.9. The molecular weight excluding hydrogens is 442 g/mol. The fraction of sp³-hybridized carbons (Fsp3) is 0.208. The van der Waals surface area contributed by atoms with E-state index in [0.29, 0.717) is 39.1 Å². The summed E-state index contributed by atoms with van der Waals surface area (Å²) in [7, 11) is 3.14. The summed E-state index contributed by atoms with van der Waals surface area (Å²) in [6, 6.07) is 11.2. The van der Waals surface area contributed by atoms with E-state index in [1.54, 1.807) is 32.5 Å². The summed E-state index contributed by atoms with van der Waals surface area (Å²) in [5.74, 6) is 1.14. The number of hydrogen-bond acceptors (Lipinski definition) is 6. The maximum atomic E-state index is 13.1. The van der Waals surface area contributed by atoms with Crippen LogP contribution in [0, 0.1) is 0 Å². The van der Waals surface area contributed by atoms with Crippen molar-refractivity contribution in [2.24, 2.45) is 0 Å². The van der Waals surface area contributed by atoms with Crippen molar-refractivity contribution in [3.63, 3.8) is 0 Å². The van der Waals surface area contributed by atoms with Crippen LogP contribution in [0.3, 0.4) is 0 Å². The largest absolute Gasteiger partial charge is 0.493 e. The number of carbonyl (C=O) groups excluding carboxylic acids is 1. The lowest BCUT2D eigenvalue weighted by Gasteiger charge is -2.17. The van der Waals surface area contributed by atoms with Crippen LogP contribution in [0.5, 0.6) is 11.6 Å². The van der Waals surface area contributed by atoms with Gasteiger partial charge in [-0.25, -0.2) is 4.98 Å². The lowest BCUT2D eigenvalue weighted by Crippen LogP contribution is -2.31. The molecule has 0 radical (unpaired) electrons. The van der Waals surface area contributed by atoms with Gasteiger partial charge in [-0.3, -0.25) is 9.78 Å². The summed E-state index contributed by atoms with van der Waals surface area (Å²) in [6.07, 6.45) is 2.65. The zero-order valence-corrected chi connectivity index (χ0v) is 18.7. The average Bonchev–Trinajstić information content (AvgIpc) is 3.50. The molecule has 0 spiro atoms. The molecule has 3 N–H and O–H groups in total. The normalized spacial score (nSPS) is 18.3. The molecule has 2 unspecified atom stereocenters. The van der Waals surface area contributed by atoms with Gasteiger partial charge >= 0.3 is 0 Å². The Kier molecular flexibility index (Phi) is 4.45. The number of amides is 1. The molecule has 2 atom stereocenters. The standard InChI is InChI=1S/C24H20ClN5O3/c1-32-17-7-6-14-19(29-17)11(8-9-26-14)21-22(27-15-5-3-4-13(25)23(15)33-2)18-20(30-21)12-10-16(12)28-24(18)31/h3-9,12,16,27,30H,10H2,1-2H3,(H,28,31). The highest BCUT2D eigenvalue weighted by Gasteiger charge is 2.48. The second-order valence-corrected chi connectivity index (χ2v) is 8.52. The van der Waals surface area contributed by atoms with Crippen molar-refractivity contribution in [2.75, 3.05) is 19.5 Å². The van der Waals surface area contributed by atoms with E-state index in [0.717, 1.165) is 28.9 Å². The lowest BCUT2D eigenvalue weighted by molar-refractivity contribution is 0.0944. The number of para-hydroxylation sites is 1. The van der Waals surface area contributed by atoms with E-state index in [1.807, 2.05) is 24.3 Å². The summed E-state index contributed by atoms with van der Waals surface area (Å²) in [6.45, 7) is 0. The molecule has 2 aliphatic rings. The van der Waals surface area contributed by atoms with Gasteiger partial charge in [0.2, 0.25) is 5.88 Å². The van der Waals surface area contributed by atoms with Gasteiger partial charge in [0.25, 0.3) is 5.91 Å². The molecule has 166 valence electrons. The number of methoxy groups -OCH3 is 2. The molecule has 4 aromatic rings. The SMILES string of the molecule is COc1ccc2nccc(-c3[nH]c4c(c3Nc3cccc(Cl)c3OC)C(=O)NC3CC43)c2n1. The number of H-pyrrole nitrogens is 1. The van der Waals surface area contributed by atoms with Crippen molar-refractivity contribution in [2.45, 2.75) is 18.4 Å². The van der Waals surface area contributed by atoms with Gasteiger partial charge in [0.05, 0.1) is 47.4 Å². The fourth-order valence-corrected chi connectivity index (χ4v) is 4.80. The van der Waals surface area contributed by atoms with Crippen LogP contribution < -0.4 is 20.1 Å². The Morgan fingerprint density at radius 2 is 2.03 bits per heavy atom. The van der Waals surface area contributed by atoms with Gasteiger partial charge in [-0.1, -0.05) is 17.7 Å². The fourth-order valence-electron chi connectivity index (χ4n) is 4.55. The third kappa shape index (κ3) is 3.09. The number of fused-ring (bicyclic) bond motifs is 4. The molecule has 1 saturated carbocycles. The molecule has 33 heavy (non-hydrogen) atoms. The molecule has 8 nitrogen and oxygen atoms in total. The average molecular weight is 462 g/mol. The molecule has 9 heteroatoms. The number of carbonyl (C=O) groups is 1. The first kappa shape index (κ1) is 19.9. The molecule has 1 aromatic carbocycles. The molecule has 0 bridgehead atoms. The predicted molar refractivity (Wildman–Crippen MR) is 126 cm³/mol. The number of anilines is 2. The maximum Gasteiger partial charge on any atom is 0.255 e. The topological polar surface area (TPSA) is 101 Å². The first-order valence-electron chi connectivity index (χ1n) is 10.6. The number of pyridine rings is 2. The maximum absolute atomic E-state index is 13.1. The van der Waals surface area contributed by atoms with Gasteiger partial charge in [0.1, 0.15) is 5.52 Å². The van der Waals surface area contributed by atoms with Crippen LogP contribution in [0.25, 0.3) is 22.3 Å². The quantitative estimate of drug-likeness (QED) is 0.400. The zero-order valence-electron chi connectivity index (χ0n) is 17.9. The molecule has 0 saturated heterocycles. The Morgan fingerprint density at radius 3 is 2.85 bits per heavy atom. The number of halogens is 1. The van der Waals surface area contributed by atoms with Crippen molar-refractivity contribution in [3.8, 4) is 22.9 Å². The predicted octanol–water partition coefficient (Wildman–Crippen LogP) is 4.64. The minimum absolute atomic E-state index is 0.112. The molecule has 1 fully saturated rings. The van der Waals surface area contributed by atoms with E-state index in [4.69, 9.17) is 21.1 Å². The second-order valence-electron chi connectivity index (χ2n) is 8.11. The first-order chi connectivity index (χ1) is 16.1. The summed E-state index contributed by atoms with van der Waals surface area (Å²) in [5.41, 5.74) is 5.77. The van der Waals surface area contributed by atoms with E-state index in [2.05, 4.69) is 25.6 Å². The third-order valence-electron chi connectivity index (χ3n) is 6.20. The monoisotopic (exact) mass is 461 g/mol. The Bertz CT molecular complexity index is 1430. The van der Waals surface area contributed by atoms with E-state index in [-0.39, 0.29) is 17.9 Å². The molecule has 4 heterocycles. The number of nitrogens with zero attached hydrogens (tertiary/aromatic N) is 2. The van der Waals surface area contributed by atoms with Gasteiger partial charge in [-0.05, 0) is 30.7 Å². The third-order valence-corrected chi connectivity index (χ3v) is 6.50. The number of hydrogen-bond donors (Lipinski definition) is 3. The Labute approximate surface area is 194 Å². The Hall–Kier alpha value is -3.78. The highest BCUT2D eigenvalue weighted by atomic mass is 35.5. The lowest BCUT2D eigenvalue weighted by atomic mass is 10.0. The number of nitrogens with one attached hydrogen (secondary N) is 3. The molecular formula is C24H20ClN5O3. The van der Waals surface area contributed by atoms with Crippen molar-refractivity contribution in [3.05, 3.63) is 58.9 Å². The molecule has 1 aliphatic heterocycles. The van der Waals surface area contributed by atoms with Gasteiger partial charge in [-0.2, -0.15) is 0 Å². The minimum atomic E-state index is -0.112. The van der Waals surface area contributed by atoms with Gasteiger partial charge in [0, 0.05) is 35.5 Å². The highest BCUT2D eigenvalue weighted by molar-refractivity contribution is 6.32. The molecule has 6 rings (SSSR count). The summed E-state index contributed by atoms with van der Waals surface area (Å²) < 4.78 is 10.9. The molecule has 1 amide bonds. The van der Waals surface area contributed by atoms with Crippen LogP contribution in [0.1, 0.15) is 28.4 Å². The number of rotatable bonds is 5. The number of ether oxygens (including phenoxy) is 2. The summed E-state index contributed by atoms with van der Waals surface area (Å²) in [4.78, 5) is 25.7. The van der Waals surface area contributed by atoms with E-state index >= 15 is 0 Å². The zero-order chi connectivity index (χ0) is 22.7. The number of aromatic nitrogens is 3. The minimum Gasteiger partial charge on any atom is -0.493 e. The summed E-state index contributed by atoms with van der Waals surface area (Å²) in [5, 5.41) is 6.99. The Balaban J connectivity index is 1.60. The van der Waals surface area contributed by atoms with E-state index < -0.39 is 0 Å². The van der Waals surface area contributed by atoms with Crippen LogP contribution in [0.4, 0.5) is 11.4 Å². The van der Waals surface area contributed by atoms with Crippen LogP contribution in [-0.4, -0.2) is 41.1 Å². The van der Waals surface area contributed by atoms with Crippen LogP contribution >= 0.6 is 11.6 Å². The Morgan fingerprint density at radius 1 is 1.15 bits per heavy atom. The van der Waals surface area contributed by atoms with Gasteiger partial charge < -0.3 is 25.1 Å². The molecule has 1 aliphatic carbocycles. The molecule has 3 aromatic heterocycles. The highest BCUT2D eigenvalue weighted by Crippen LogP contribution is 2.50. The second kappa shape index (κ2) is 7.38. The summed E-state index contributed by atoms with van der Waals surface area (Å²) >= 11 is 6.36. The van der Waals surface area contributed by atoms with E-state index in [1.165, 1.54) is 0 Å². The van der Waals surface area contributed by atoms with Crippen molar-refractivity contribution >= 4 is 39.9 Å². The van der Waals surface area contributed by atoms with Crippen molar-refractivity contribution in [1.29, 1.82) is 0 Å². The van der Waals surface area contributed by atoms with E-state index in [9.17, 15) is 4.79 Å². The van der Waals surface area contributed by atoms with Crippen molar-refractivity contribution in [1.82, 2.24) is 20.3 Å². The van der Waals surface area contributed by atoms with Crippen LogP contribution in [0.2, 0.25) is 5.02 Å². The number of benzene rings is 1. The van der Waals surface area contributed by atoms with Crippen molar-refractivity contribution < 1.29 is 14.3 Å². The smallest absolute Gasteiger partial charge is 0.255 e. The van der Waals surface area contributed by atoms with Crippen LogP contribution in [0.15, 0.2) is 42.6 Å².